The minimum atomic E-state index is 0.0384. The maximum absolute atomic E-state index is 6.08. The van der Waals surface area contributed by atoms with Crippen LogP contribution in [0.2, 0.25) is 0 Å². The SMILES string of the molecule is CCC(C)(C)c1[nH]nc(N)c1-c1ccc(C(C)C)cc1. The maximum atomic E-state index is 6.08. The first-order chi connectivity index (χ1) is 9.36. The van der Waals surface area contributed by atoms with E-state index in [4.69, 9.17) is 5.73 Å². The van der Waals surface area contributed by atoms with Crippen molar-refractivity contribution >= 4 is 5.82 Å². The van der Waals surface area contributed by atoms with Crippen molar-refractivity contribution in [2.75, 3.05) is 5.73 Å². The van der Waals surface area contributed by atoms with Gasteiger partial charge in [-0.1, -0.05) is 58.9 Å². The molecule has 0 amide bonds. The third-order valence-corrected chi connectivity index (χ3v) is 4.22. The molecule has 0 saturated heterocycles. The second-order valence-corrected chi connectivity index (χ2v) is 6.37. The van der Waals surface area contributed by atoms with E-state index in [1.807, 2.05) is 0 Å². The second kappa shape index (κ2) is 5.31. The molecule has 3 heteroatoms. The van der Waals surface area contributed by atoms with Gasteiger partial charge in [-0.05, 0) is 23.5 Å². The van der Waals surface area contributed by atoms with E-state index in [0.29, 0.717) is 11.7 Å². The van der Waals surface area contributed by atoms with Crippen LogP contribution in [0, 0.1) is 0 Å². The van der Waals surface area contributed by atoms with Gasteiger partial charge in [0, 0.05) is 11.0 Å². The number of H-pyrrole nitrogens is 1. The molecule has 0 unspecified atom stereocenters. The molecule has 0 radical (unpaired) electrons. The lowest BCUT2D eigenvalue weighted by Crippen LogP contribution is -2.17. The van der Waals surface area contributed by atoms with Crippen LogP contribution in [0.3, 0.4) is 0 Å². The zero-order valence-electron chi connectivity index (χ0n) is 13.1. The number of nitrogen functional groups attached to an aromatic ring is 1. The highest BCUT2D eigenvalue weighted by atomic mass is 15.2. The number of hydrogen-bond donors (Lipinski definition) is 2. The summed E-state index contributed by atoms with van der Waals surface area (Å²) >= 11 is 0. The molecule has 0 saturated carbocycles. The molecular formula is C17H25N3. The molecule has 0 fully saturated rings. The Morgan fingerprint density at radius 3 is 2.30 bits per heavy atom. The highest BCUT2D eigenvalue weighted by Crippen LogP contribution is 2.37. The number of nitrogens with zero attached hydrogens (tertiary/aromatic N) is 1. The molecule has 3 nitrogen and oxygen atoms in total. The van der Waals surface area contributed by atoms with Crippen LogP contribution in [0.25, 0.3) is 11.1 Å². The topological polar surface area (TPSA) is 54.7 Å². The predicted molar refractivity (Wildman–Crippen MR) is 85.8 cm³/mol. The fraction of sp³-hybridized carbons (Fsp3) is 0.471. The Kier molecular flexibility index (Phi) is 3.89. The largest absolute Gasteiger partial charge is 0.382 e. The van der Waals surface area contributed by atoms with Gasteiger partial charge in [0.25, 0.3) is 0 Å². The van der Waals surface area contributed by atoms with E-state index in [1.165, 1.54) is 5.56 Å². The predicted octanol–water partition coefficient (Wildman–Crippen LogP) is 4.47. The monoisotopic (exact) mass is 271 g/mol. The van der Waals surface area contributed by atoms with Crippen molar-refractivity contribution in [3.8, 4) is 11.1 Å². The van der Waals surface area contributed by atoms with Gasteiger partial charge >= 0.3 is 0 Å². The zero-order chi connectivity index (χ0) is 14.9. The minimum Gasteiger partial charge on any atom is -0.382 e. The summed E-state index contributed by atoms with van der Waals surface area (Å²) in [7, 11) is 0. The van der Waals surface area contributed by atoms with Crippen LogP contribution in [-0.4, -0.2) is 10.2 Å². The highest BCUT2D eigenvalue weighted by Gasteiger charge is 2.26. The number of nitrogens with two attached hydrogens (primary N) is 1. The Bertz CT molecular complexity index is 577. The van der Waals surface area contributed by atoms with Gasteiger partial charge in [-0.15, -0.1) is 0 Å². The third kappa shape index (κ3) is 2.58. The van der Waals surface area contributed by atoms with Crippen LogP contribution in [0.15, 0.2) is 24.3 Å². The molecule has 0 aliphatic rings. The molecular weight excluding hydrogens is 246 g/mol. The average molecular weight is 271 g/mol. The van der Waals surface area contributed by atoms with E-state index < -0.39 is 0 Å². The summed E-state index contributed by atoms with van der Waals surface area (Å²) in [5, 5.41) is 7.34. The van der Waals surface area contributed by atoms with Gasteiger partial charge in [0.2, 0.25) is 0 Å². The van der Waals surface area contributed by atoms with Crippen LogP contribution >= 0.6 is 0 Å². The Morgan fingerprint density at radius 2 is 1.80 bits per heavy atom. The molecule has 3 N–H and O–H groups in total. The fourth-order valence-corrected chi connectivity index (χ4v) is 2.35. The van der Waals surface area contributed by atoms with Crippen LogP contribution in [0.1, 0.15) is 58.2 Å². The van der Waals surface area contributed by atoms with Gasteiger partial charge < -0.3 is 5.73 Å². The summed E-state index contributed by atoms with van der Waals surface area (Å²) < 4.78 is 0. The Labute approximate surface area is 121 Å². The normalized spacial score (nSPS) is 12.1. The number of benzene rings is 1. The molecule has 0 atom stereocenters. The van der Waals surface area contributed by atoms with Crippen molar-refractivity contribution in [3.05, 3.63) is 35.5 Å². The molecule has 1 heterocycles. The number of anilines is 1. The second-order valence-electron chi connectivity index (χ2n) is 6.37. The number of aromatic nitrogens is 2. The molecule has 2 aromatic rings. The van der Waals surface area contributed by atoms with Crippen molar-refractivity contribution in [2.24, 2.45) is 0 Å². The number of hydrogen-bond acceptors (Lipinski definition) is 2. The molecule has 0 bridgehead atoms. The third-order valence-electron chi connectivity index (χ3n) is 4.22. The fourth-order valence-electron chi connectivity index (χ4n) is 2.35. The van der Waals surface area contributed by atoms with Crippen LogP contribution < -0.4 is 5.73 Å². The van der Waals surface area contributed by atoms with Gasteiger partial charge in [-0.25, -0.2) is 0 Å². The van der Waals surface area contributed by atoms with Crippen molar-refractivity contribution in [1.82, 2.24) is 10.2 Å². The van der Waals surface area contributed by atoms with Gasteiger partial charge in [0.05, 0.1) is 5.69 Å². The molecule has 1 aromatic heterocycles. The first-order valence-corrected chi connectivity index (χ1v) is 7.31. The summed E-state index contributed by atoms with van der Waals surface area (Å²) in [6.45, 7) is 11.0. The minimum absolute atomic E-state index is 0.0384. The van der Waals surface area contributed by atoms with E-state index in [9.17, 15) is 0 Å². The summed E-state index contributed by atoms with van der Waals surface area (Å²) in [6, 6.07) is 8.64. The van der Waals surface area contributed by atoms with Gasteiger partial charge in [-0.3, -0.25) is 5.10 Å². The van der Waals surface area contributed by atoms with Crippen molar-refractivity contribution in [3.63, 3.8) is 0 Å². The summed E-state index contributed by atoms with van der Waals surface area (Å²) in [5.41, 5.74) is 10.8. The van der Waals surface area contributed by atoms with Gasteiger partial charge in [0.1, 0.15) is 0 Å². The van der Waals surface area contributed by atoms with E-state index in [2.05, 4.69) is 69.1 Å². The Hall–Kier alpha value is -1.77. The van der Waals surface area contributed by atoms with Crippen molar-refractivity contribution < 1.29 is 0 Å². The first-order valence-electron chi connectivity index (χ1n) is 7.31. The van der Waals surface area contributed by atoms with E-state index in [-0.39, 0.29) is 5.41 Å². The average Bonchev–Trinajstić information content (AvgIpc) is 2.81. The molecule has 0 aliphatic heterocycles. The van der Waals surface area contributed by atoms with Crippen LogP contribution in [0.5, 0.6) is 0 Å². The van der Waals surface area contributed by atoms with Gasteiger partial charge in [0.15, 0.2) is 5.82 Å². The molecule has 0 aliphatic carbocycles. The van der Waals surface area contributed by atoms with Crippen molar-refractivity contribution in [1.29, 1.82) is 0 Å². The Morgan fingerprint density at radius 1 is 1.20 bits per heavy atom. The lowest BCUT2D eigenvalue weighted by Gasteiger charge is -2.23. The smallest absolute Gasteiger partial charge is 0.153 e. The summed E-state index contributed by atoms with van der Waals surface area (Å²) in [6.07, 6.45) is 1.03. The standard InChI is InChI=1S/C17H25N3/c1-6-17(4,5)15-14(16(18)20-19-15)13-9-7-12(8-10-13)11(2)3/h7-11H,6H2,1-5H3,(H3,18,19,20). The van der Waals surface area contributed by atoms with Crippen LogP contribution in [0.4, 0.5) is 5.82 Å². The molecule has 108 valence electrons. The lowest BCUT2D eigenvalue weighted by molar-refractivity contribution is 0.490. The van der Waals surface area contributed by atoms with Gasteiger partial charge in [-0.2, -0.15) is 5.10 Å². The van der Waals surface area contributed by atoms with E-state index >= 15 is 0 Å². The number of nitrogens with one attached hydrogen (secondary N) is 1. The van der Waals surface area contributed by atoms with E-state index in [1.54, 1.807) is 0 Å². The first kappa shape index (κ1) is 14.6. The lowest BCUT2D eigenvalue weighted by atomic mass is 9.82. The molecule has 0 spiro atoms. The van der Waals surface area contributed by atoms with Crippen molar-refractivity contribution in [2.45, 2.75) is 52.4 Å². The highest BCUT2D eigenvalue weighted by molar-refractivity contribution is 5.77. The maximum Gasteiger partial charge on any atom is 0.153 e. The van der Waals surface area contributed by atoms with Crippen LogP contribution in [-0.2, 0) is 5.41 Å². The molecule has 20 heavy (non-hydrogen) atoms. The summed E-state index contributed by atoms with van der Waals surface area (Å²) in [4.78, 5) is 0. The summed E-state index contributed by atoms with van der Waals surface area (Å²) in [5.74, 6) is 1.12. The Balaban J connectivity index is 2.50. The van der Waals surface area contributed by atoms with E-state index in [0.717, 1.165) is 23.2 Å². The zero-order valence-corrected chi connectivity index (χ0v) is 13.1. The number of aromatic amines is 1. The molecule has 2 rings (SSSR count). The number of rotatable bonds is 4. The molecule has 1 aromatic carbocycles. The quantitative estimate of drug-likeness (QED) is 0.862.